The van der Waals surface area contributed by atoms with Gasteiger partial charge in [0.2, 0.25) is 11.8 Å². The molecule has 0 fully saturated rings. The molecule has 3 N–H and O–H groups in total. The molecular weight excluding hydrogens is 248 g/mol. The summed E-state index contributed by atoms with van der Waals surface area (Å²) in [6.45, 7) is 5.22. The fourth-order valence-electron chi connectivity index (χ4n) is 1.28. The highest BCUT2D eigenvalue weighted by atomic mass is 16.4. The molecule has 2 amide bonds. The van der Waals surface area contributed by atoms with Gasteiger partial charge >= 0.3 is 0 Å². The molecule has 1 heterocycles. The monoisotopic (exact) mass is 268 g/mol. The average Bonchev–Trinajstić information content (AvgIpc) is 2.85. The van der Waals surface area contributed by atoms with E-state index in [1.807, 2.05) is 0 Å². The Kier molecular flexibility index (Phi) is 5.11. The summed E-state index contributed by atoms with van der Waals surface area (Å²) in [6, 6.07) is 3.28. The summed E-state index contributed by atoms with van der Waals surface area (Å²) in [5, 5.41) is 14.7. The van der Waals surface area contributed by atoms with Crippen LogP contribution < -0.4 is 10.6 Å². The third kappa shape index (κ3) is 5.13. The fraction of sp³-hybridized carbons (Fsp3) is 0.538. The maximum atomic E-state index is 11.5. The minimum absolute atomic E-state index is 0.0394. The first kappa shape index (κ1) is 15.2. The van der Waals surface area contributed by atoms with E-state index < -0.39 is 11.5 Å². The lowest BCUT2D eigenvalue weighted by Gasteiger charge is -2.17. The number of aliphatic hydroxyl groups is 1. The smallest absolute Gasteiger partial charge is 0.239 e. The minimum atomic E-state index is -0.891. The van der Waals surface area contributed by atoms with Crippen LogP contribution in [0.4, 0.5) is 0 Å². The largest absolute Gasteiger partial charge is 0.467 e. The van der Waals surface area contributed by atoms with E-state index in [0.717, 1.165) is 0 Å². The molecule has 0 aliphatic carbocycles. The Morgan fingerprint density at radius 2 is 2.05 bits per heavy atom. The Balaban J connectivity index is 2.27. The Morgan fingerprint density at radius 3 is 2.58 bits per heavy atom. The number of rotatable bonds is 5. The second-order valence-electron chi connectivity index (χ2n) is 5.27. The van der Waals surface area contributed by atoms with Crippen LogP contribution in [0.3, 0.4) is 0 Å². The molecule has 1 aromatic rings. The zero-order chi connectivity index (χ0) is 14.5. The van der Waals surface area contributed by atoms with E-state index in [0.29, 0.717) is 5.76 Å². The van der Waals surface area contributed by atoms with Gasteiger partial charge in [-0.3, -0.25) is 9.59 Å². The summed E-state index contributed by atoms with van der Waals surface area (Å²) >= 11 is 0. The molecular formula is C13H20N2O4. The van der Waals surface area contributed by atoms with Crippen molar-refractivity contribution in [1.82, 2.24) is 10.6 Å². The van der Waals surface area contributed by atoms with E-state index >= 15 is 0 Å². The highest BCUT2D eigenvalue weighted by Gasteiger charge is 2.21. The molecule has 6 heteroatoms. The van der Waals surface area contributed by atoms with Crippen molar-refractivity contribution in [2.45, 2.75) is 26.9 Å². The second-order valence-corrected chi connectivity index (χ2v) is 5.27. The van der Waals surface area contributed by atoms with Gasteiger partial charge < -0.3 is 20.2 Å². The van der Waals surface area contributed by atoms with Crippen LogP contribution in [0.25, 0.3) is 0 Å². The van der Waals surface area contributed by atoms with E-state index in [9.17, 15) is 14.7 Å². The maximum Gasteiger partial charge on any atom is 0.239 e. The zero-order valence-electron chi connectivity index (χ0n) is 11.4. The van der Waals surface area contributed by atoms with E-state index in [1.165, 1.54) is 6.26 Å². The normalized spacial score (nSPS) is 12.8. The van der Waals surface area contributed by atoms with E-state index in [1.54, 1.807) is 32.9 Å². The molecule has 1 unspecified atom stereocenters. The topological polar surface area (TPSA) is 91.6 Å². The quantitative estimate of drug-likeness (QED) is 0.729. The first-order chi connectivity index (χ1) is 8.80. The molecule has 0 aromatic carbocycles. The van der Waals surface area contributed by atoms with E-state index in [2.05, 4.69) is 10.6 Å². The molecule has 19 heavy (non-hydrogen) atoms. The summed E-state index contributed by atoms with van der Waals surface area (Å²) in [5.74, 6) is -0.170. The van der Waals surface area contributed by atoms with Gasteiger partial charge in [0, 0.05) is 5.41 Å². The average molecular weight is 268 g/mol. The van der Waals surface area contributed by atoms with Crippen LogP contribution in [0.5, 0.6) is 0 Å². The predicted octanol–water partition coefficient (Wildman–Crippen LogP) is 0.592. The van der Waals surface area contributed by atoms with Crippen molar-refractivity contribution in [2.24, 2.45) is 5.41 Å². The Morgan fingerprint density at radius 1 is 1.37 bits per heavy atom. The highest BCUT2D eigenvalue weighted by molar-refractivity contribution is 5.87. The van der Waals surface area contributed by atoms with Crippen LogP contribution in [-0.4, -0.2) is 30.0 Å². The van der Waals surface area contributed by atoms with Crippen LogP contribution in [0.15, 0.2) is 22.8 Å². The second kappa shape index (κ2) is 6.38. The Hall–Kier alpha value is -1.82. The van der Waals surface area contributed by atoms with Crippen molar-refractivity contribution in [2.75, 3.05) is 13.1 Å². The third-order valence-electron chi connectivity index (χ3n) is 2.45. The van der Waals surface area contributed by atoms with Crippen molar-refractivity contribution < 1.29 is 19.1 Å². The molecule has 0 bridgehead atoms. The van der Waals surface area contributed by atoms with Gasteiger partial charge in [-0.15, -0.1) is 0 Å². The lowest BCUT2D eigenvalue weighted by molar-refractivity contribution is -0.131. The van der Waals surface area contributed by atoms with Gasteiger partial charge in [0.1, 0.15) is 11.9 Å². The lowest BCUT2D eigenvalue weighted by atomic mass is 9.96. The number of carbonyl (C=O) groups is 2. The van der Waals surface area contributed by atoms with Gasteiger partial charge in [0.25, 0.3) is 0 Å². The summed E-state index contributed by atoms with van der Waals surface area (Å²) in [4.78, 5) is 23.0. The number of nitrogens with one attached hydrogen (secondary N) is 2. The van der Waals surface area contributed by atoms with Gasteiger partial charge in [-0.1, -0.05) is 20.8 Å². The molecule has 106 valence electrons. The zero-order valence-corrected chi connectivity index (χ0v) is 11.4. The van der Waals surface area contributed by atoms with Crippen LogP contribution in [0.1, 0.15) is 32.6 Å². The Labute approximate surface area is 112 Å². The molecule has 1 atom stereocenters. The van der Waals surface area contributed by atoms with E-state index in [-0.39, 0.29) is 24.9 Å². The highest BCUT2D eigenvalue weighted by Crippen LogP contribution is 2.12. The Bertz CT molecular complexity index is 420. The summed E-state index contributed by atoms with van der Waals surface area (Å²) in [7, 11) is 0. The van der Waals surface area contributed by atoms with Crippen molar-refractivity contribution in [3.63, 3.8) is 0 Å². The number of amides is 2. The lowest BCUT2D eigenvalue weighted by Crippen LogP contribution is -2.42. The van der Waals surface area contributed by atoms with Crippen LogP contribution in [0.2, 0.25) is 0 Å². The number of furan rings is 1. The molecule has 0 aliphatic rings. The van der Waals surface area contributed by atoms with Crippen LogP contribution in [0, 0.1) is 5.41 Å². The summed E-state index contributed by atoms with van der Waals surface area (Å²) in [5.41, 5.74) is -0.534. The summed E-state index contributed by atoms with van der Waals surface area (Å²) < 4.78 is 5.00. The molecule has 0 radical (unpaired) electrons. The maximum absolute atomic E-state index is 11.5. The van der Waals surface area contributed by atoms with E-state index in [4.69, 9.17) is 4.42 Å². The summed E-state index contributed by atoms with van der Waals surface area (Å²) in [6.07, 6.45) is 0.557. The predicted molar refractivity (Wildman–Crippen MR) is 69.1 cm³/mol. The van der Waals surface area contributed by atoms with Gasteiger partial charge in [-0.25, -0.2) is 0 Å². The molecule has 0 saturated heterocycles. The molecule has 0 spiro atoms. The minimum Gasteiger partial charge on any atom is -0.467 e. The van der Waals surface area contributed by atoms with Gasteiger partial charge in [0.05, 0.1) is 19.4 Å². The number of hydrogen-bond acceptors (Lipinski definition) is 4. The molecule has 0 saturated carbocycles. The van der Waals surface area contributed by atoms with Gasteiger partial charge in [-0.2, -0.15) is 0 Å². The molecule has 1 rings (SSSR count). The number of aliphatic hydroxyl groups excluding tert-OH is 1. The SMILES string of the molecule is CC(C)(C)C(=O)NCC(=O)NCC(O)c1ccco1. The number of carbonyl (C=O) groups excluding carboxylic acids is 2. The van der Waals surface area contributed by atoms with Gasteiger partial charge in [0.15, 0.2) is 0 Å². The first-order valence-corrected chi connectivity index (χ1v) is 6.07. The van der Waals surface area contributed by atoms with Crippen LogP contribution in [-0.2, 0) is 9.59 Å². The van der Waals surface area contributed by atoms with Crippen molar-refractivity contribution >= 4 is 11.8 Å². The molecule has 1 aromatic heterocycles. The van der Waals surface area contributed by atoms with Crippen LogP contribution >= 0.6 is 0 Å². The van der Waals surface area contributed by atoms with Crippen molar-refractivity contribution in [3.05, 3.63) is 24.2 Å². The third-order valence-corrected chi connectivity index (χ3v) is 2.45. The standard InChI is InChI=1S/C13H20N2O4/c1-13(2,3)12(18)15-8-11(17)14-7-9(16)10-5-4-6-19-10/h4-6,9,16H,7-8H2,1-3H3,(H,14,17)(H,15,18). The molecule has 0 aliphatic heterocycles. The van der Waals surface area contributed by atoms with Gasteiger partial charge in [-0.05, 0) is 12.1 Å². The fourth-order valence-corrected chi connectivity index (χ4v) is 1.28. The first-order valence-electron chi connectivity index (χ1n) is 6.07. The van der Waals surface area contributed by atoms with Crippen molar-refractivity contribution in [3.8, 4) is 0 Å². The number of hydrogen-bond donors (Lipinski definition) is 3. The molecule has 6 nitrogen and oxygen atoms in total. The van der Waals surface area contributed by atoms with Crippen molar-refractivity contribution in [1.29, 1.82) is 0 Å².